The van der Waals surface area contributed by atoms with Crippen LogP contribution in [-0.4, -0.2) is 49.7 Å². The van der Waals surface area contributed by atoms with E-state index < -0.39 is 11.9 Å². The molecule has 11 heteroatoms. The van der Waals surface area contributed by atoms with Gasteiger partial charge in [0.15, 0.2) is 0 Å². The first-order valence-corrected chi connectivity index (χ1v) is 11.2. The summed E-state index contributed by atoms with van der Waals surface area (Å²) in [7, 11) is 1.74. The zero-order valence-electron chi connectivity index (χ0n) is 18.9. The molecule has 1 atom stereocenters. The molecule has 3 N–H and O–H groups in total. The first-order chi connectivity index (χ1) is 16.9. The number of carbonyl (C=O) groups excluding carboxylic acids is 4. The highest BCUT2D eigenvalue weighted by Crippen LogP contribution is 2.28. The number of anilines is 1. The van der Waals surface area contributed by atoms with Crippen LogP contribution in [0.25, 0.3) is 11.3 Å². The van der Waals surface area contributed by atoms with Gasteiger partial charge in [0, 0.05) is 43.4 Å². The Balaban J connectivity index is 1.20. The van der Waals surface area contributed by atoms with Gasteiger partial charge in [0.2, 0.25) is 11.8 Å². The van der Waals surface area contributed by atoms with Crippen LogP contribution in [0.5, 0.6) is 0 Å². The third-order valence-corrected chi connectivity index (χ3v) is 6.06. The molecule has 2 aliphatic heterocycles. The molecule has 1 unspecified atom stereocenters. The van der Waals surface area contributed by atoms with Crippen molar-refractivity contribution in [2.45, 2.75) is 32.0 Å². The molecular weight excluding hydrogens is 450 g/mol. The van der Waals surface area contributed by atoms with Crippen molar-refractivity contribution in [1.82, 2.24) is 30.5 Å². The third-order valence-electron chi connectivity index (χ3n) is 6.06. The van der Waals surface area contributed by atoms with Crippen molar-refractivity contribution in [2.75, 3.05) is 5.32 Å². The van der Waals surface area contributed by atoms with Crippen LogP contribution in [0, 0.1) is 0 Å². The lowest BCUT2D eigenvalue weighted by molar-refractivity contribution is -0.136. The van der Waals surface area contributed by atoms with E-state index in [0.29, 0.717) is 23.4 Å². The Hall–Kier alpha value is -4.54. The van der Waals surface area contributed by atoms with E-state index in [1.165, 1.54) is 9.70 Å². The van der Waals surface area contributed by atoms with Crippen LogP contribution in [0.4, 0.5) is 10.5 Å². The molecule has 5 rings (SSSR count). The molecule has 0 spiro atoms. The van der Waals surface area contributed by atoms with Crippen molar-refractivity contribution >= 4 is 29.4 Å². The van der Waals surface area contributed by atoms with E-state index in [4.69, 9.17) is 0 Å². The summed E-state index contributed by atoms with van der Waals surface area (Å²) in [5, 5.41) is 16.3. The normalized spacial score (nSPS) is 17.2. The number of hydrogen-bond donors (Lipinski definition) is 3. The number of rotatable bonds is 5. The lowest BCUT2D eigenvalue weighted by Gasteiger charge is -2.29. The Morgan fingerprint density at radius 2 is 2.03 bits per heavy atom. The Morgan fingerprint density at radius 1 is 1.17 bits per heavy atom. The maximum atomic E-state index is 12.8. The highest BCUT2D eigenvalue weighted by atomic mass is 16.2. The number of aryl methyl sites for hydroxylation is 1. The second-order valence-electron chi connectivity index (χ2n) is 8.50. The molecular formula is C24H23N7O4. The molecule has 5 amide bonds. The van der Waals surface area contributed by atoms with Gasteiger partial charge in [-0.05, 0) is 35.7 Å². The van der Waals surface area contributed by atoms with Crippen LogP contribution in [-0.2, 0) is 29.7 Å². The standard InChI is InChI=1S/C24H23N7O4/c1-30-26-12-19(29-30)15-3-2-4-17(10-15)27-24(35)25-11-14-5-6-18-16(9-14)13-31(23(18)34)20-7-8-21(32)28-22(20)33/h2-6,9-10,12,20H,7-8,11,13H2,1H3,(H2,25,27,35)(H,28,32,33). The number of imide groups is 1. The molecule has 1 saturated heterocycles. The van der Waals surface area contributed by atoms with E-state index in [-0.39, 0.29) is 37.4 Å². The fraction of sp³-hybridized carbons (Fsp3) is 0.250. The van der Waals surface area contributed by atoms with Crippen LogP contribution in [0.15, 0.2) is 48.7 Å². The van der Waals surface area contributed by atoms with Crippen molar-refractivity contribution in [2.24, 2.45) is 7.05 Å². The fourth-order valence-corrected chi connectivity index (χ4v) is 4.33. The SMILES string of the molecule is Cn1ncc(-c2cccc(NC(=O)NCc3ccc4c(c3)CN(C3CCC(=O)NC3=O)C4=O)c2)n1. The number of aromatic nitrogens is 3. The number of urea groups is 1. The third kappa shape index (κ3) is 4.60. The van der Waals surface area contributed by atoms with Gasteiger partial charge in [-0.3, -0.25) is 19.7 Å². The number of fused-ring (bicyclic) bond motifs is 1. The van der Waals surface area contributed by atoms with Crippen LogP contribution in [0.3, 0.4) is 0 Å². The topological polar surface area (TPSA) is 138 Å². The quantitative estimate of drug-likeness (QED) is 0.481. The summed E-state index contributed by atoms with van der Waals surface area (Å²) in [6.45, 7) is 0.547. The average Bonchev–Trinajstić information content (AvgIpc) is 3.41. The minimum absolute atomic E-state index is 0.211. The smallest absolute Gasteiger partial charge is 0.319 e. The monoisotopic (exact) mass is 473 g/mol. The van der Waals surface area contributed by atoms with Gasteiger partial charge < -0.3 is 15.5 Å². The maximum absolute atomic E-state index is 12.8. The summed E-state index contributed by atoms with van der Waals surface area (Å²) in [6.07, 6.45) is 2.18. The molecule has 0 saturated carbocycles. The molecule has 0 aliphatic carbocycles. The van der Waals surface area contributed by atoms with Crippen molar-refractivity contribution in [1.29, 1.82) is 0 Å². The van der Waals surface area contributed by atoms with E-state index >= 15 is 0 Å². The molecule has 1 fully saturated rings. The van der Waals surface area contributed by atoms with Gasteiger partial charge in [-0.25, -0.2) is 4.79 Å². The molecule has 0 radical (unpaired) electrons. The molecule has 11 nitrogen and oxygen atoms in total. The summed E-state index contributed by atoms with van der Waals surface area (Å²) in [6, 6.07) is 11.6. The van der Waals surface area contributed by atoms with Crippen LogP contribution in [0.2, 0.25) is 0 Å². The van der Waals surface area contributed by atoms with E-state index in [9.17, 15) is 19.2 Å². The molecule has 3 aromatic rings. The van der Waals surface area contributed by atoms with Gasteiger partial charge in [0.25, 0.3) is 5.91 Å². The van der Waals surface area contributed by atoms with Gasteiger partial charge in [-0.2, -0.15) is 15.0 Å². The van der Waals surface area contributed by atoms with Crippen LogP contribution < -0.4 is 16.0 Å². The van der Waals surface area contributed by atoms with Crippen molar-refractivity contribution < 1.29 is 19.2 Å². The fourth-order valence-electron chi connectivity index (χ4n) is 4.33. The average molecular weight is 473 g/mol. The molecule has 1 aromatic heterocycles. The summed E-state index contributed by atoms with van der Waals surface area (Å²) in [5.74, 6) is -0.985. The van der Waals surface area contributed by atoms with E-state index in [2.05, 4.69) is 26.1 Å². The van der Waals surface area contributed by atoms with Gasteiger partial charge in [0.05, 0.1) is 6.20 Å². The molecule has 3 heterocycles. The first-order valence-electron chi connectivity index (χ1n) is 11.2. The zero-order valence-corrected chi connectivity index (χ0v) is 18.9. The van der Waals surface area contributed by atoms with E-state index in [1.807, 2.05) is 24.3 Å². The molecule has 178 valence electrons. The lowest BCUT2D eigenvalue weighted by atomic mass is 10.0. The van der Waals surface area contributed by atoms with E-state index in [1.54, 1.807) is 31.4 Å². The summed E-state index contributed by atoms with van der Waals surface area (Å²) >= 11 is 0. The minimum atomic E-state index is -0.655. The summed E-state index contributed by atoms with van der Waals surface area (Å²) in [4.78, 5) is 51.9. The highest BCUT2D eigenvalue weighted by Gasteiger charge is 2.39. The first kappa shape index (κ1) is 22.3. The van der Waals surface area contributed by atoms with Gasteiger partial charge in [0.1, 0.15) is 11.7 Å². The molecule has 0 bridgehead atoms. The maximum Gasteiger partial charge on any atom is 0.319 e. The van der Waals surface area contributed by atoms with Crippen molar-refractivity contribution in [3.05, 3.63) is 65.4 Å². The molecule has 35 heavy (non-hydrogen) atoms. The Labute approximate surface area is 200 Å². The second kappa shape index (κ2) is 9.01. The van der Waals surface area contributed by atoms with Gasteiger partial charge in [-0.1, -0.05) is 24.3 Å². The van der Waals surface area contributed by atoms with Crippen molar-refractivity contribution in [3.63, 3.8) is 0 Å². The summed E-state index contributed by atoms with van der Waals surface area (Å²) < 4.78 is 0. The molecule has 2 aromatic carbocycles. The van der Waals surface area contributed by atoms with Gasteiger partial charge in [-0.15, -0.1) is 0 Å². The predicted molar refractivity (Wildman–Crippen MR) is 125 cm³/mol. The van der Waals surface area contributed by atoms with Crippen molar-refractivity contribution in [3.8, 4) is 11.3 Å². The Kier molecular flexibility index (Phi) is 5.73. The summed E-state index contributed by atoms with van der Waals surface area (Å²) in [5.41, 5.74) is 4.30. The molecule has 2 aliphatic rings. The zero-order chi connectivity index (χ0) is 24.5. The van der Waals surface area contributed by atoms with Crippen LogP contribution in [0.1, 0.15) is 34.3 Å². The largest absolute Gasteiger partial charge is 0.334 e. The Morgan fingerprint density at radius 3 is 2.80 bits per heavy atom. The Bertz CT molecular complexity index is 1350. The number of nitrogens with one attached hydrogen (secondary N) is 3. The lowest BCUT2D eigenvalue weighted by Crippen LogP contribution is -2.52. The number of nitrogens with zero attached hydrogens (tertiary/aromatic N) is 4. The van der Waals surface area contributed by atoms with Crippen LogP contribution >= 0.6 is 0 Å². The van der Waals surface area contributed by atoms with Gasteiger partial charge >= 0.3 is 6.03 Å². The predicted octanol–water partition coefficient (Wildman–Crippen LogP) is 1.56. The van der Waals surface area contributed by atoms with E-state index in [0.717, 1.165) is 16.7 Å². The second-order valence-corrected chi connectivity index (χ2v) is 8.50. The number of piperidine rings is 1. The number of amides is 5. The highest BCUT2D eigenvalue weighted by molar-refractivity contribution is 6.05. The number of carbonyl (C=O) groups is 4. The number of benzene rings is 2. The minimum Gasteiger partial charge on any atom is -0.334 e. The number of hydrogen-bond acceptors (Lipinski definition) is 6.